The number of aliphatic imine (C=N–C) groups is 1. The standard InChI is InChI=1S/C14H16ClN5/c1-9-13-11(15)3-2-4-12(13)20-14(19-9)17-6-5-10-7-16-8-18-10/h2-4,7-9H,5-6H2,1H3,(H,16,18)(H2,17,19,20). The average Bonchev–Trinajstić information content (AvgIpc) is 2.91. The number of guanidine groups is 1. The Morgan fingerprint density at radius 1 is 1.40 bits per heavy atom. The molecule has 0 spiro atoms. The molecular formula is C14H16ClN5. The van der Waals surface area contributed by atoms with Crippen molar-refractivity contribution < 1.29 is 0 Å². The van der Waals surface area contributed by atoms with Crippen LogP contribution in [0.1, 0.15) is 24.2 Å². The van der Waals surface area contributed by atoms with Crippen molar-refractivity contribution in [3.05, 3.63) is 47.0 Å². The zero-order chi connectivity index (χ0) is 13.9. The minimum absolute atomic E-state index is 0.144. The number of nitrogens with one attached hydrogen (secondary N) is 3. The fraction of sp³-hybridized carbons (Fsp3) is 0.286. The van der Waals surface area contributed by atoms with Crippen molar-refractivity contribution in [2.75, 3.05) is 6.54 Å². The lowest BCUT2D eigenvalue weighted by molar-refractivity contribution is 0.672. The second-order valence-electron chi connectivity index (χ2n) is 4.75. The first-order chi connectivity index (χ1) is 9.74. The molecule has 1 aliphatic rings. The molecule has 1 aliphatic heterocycles. The van der Waals surface area contributed by atoms with E-state index in [1.165, 1.54) is 0 Å². The molecule has 0 bridgehead atoms. The Hall–Kier alpha value is -2.01. The van der Waals surface area contributed by atoms with Crippen molar-refractivity contribution in [1.82, 2.24) is 20.6 Å². The Kier molecular flexibility index (Phi) is 3.60. The maximum atomic E-state index is 6.22. The summed E-state index contributed by atoms with van der Waals surface area (Å²) >= 11 is 6.22. The van der Waals surface area contributed by atoms with Crippen LogP contribution in [-0.2, 0) is 6.42 Å². The fourth-order valence-corrected chi connectivity index (χ4v) is 2.64. The normalized spacial score (nSPS) is 17.1. The lowest BCUT2D eigenvalue weighted by Gasteiger charge is -2.25. The van der Waals surface area contributed by atoms with Gasteiger partial charge in [-0.3, -0.25) is 0 Å². The van der Waals surface area contributed by atoms with Crippen molar-refractivity contribution in [2.24, 2.45) is 4.99 Å². The summed E-state index contributed by atoms with van der Waals surface area (Å²) in [7, 11) is 0. The molecule has 1 aromatic carbocycles. The number of hydrogen-bond acceptors (Lipinski definition) is 4. The van der Waals surface area contributed by atoms with Gasteiger partial charge in [-0.2, -0.15) is 0 Å². The topological polar surface area (TPSA) is 65.1 Å². The maximum absolute atomic E-state index is 6.22. The molecule has 3 rings (SSSR count). The first kappa shape index (κ1) is 13.0. The van der Waals surface area contributed by atoms with Gasteiger partial charge in [-0.15, -0.1) is 0 Å². The van der Waals surface area contributed by atoms with Crippen molar-refractivity contribution in [3.63, 3.8) is 0 Å². The molecule has 104 valence electrons. The van der Waals surface area contributed by atoms with Gasteiger partial charge in [-0.1, -0.05) is 17.7 Å². The molecule has 20 heavy (non-hydrogen) atoms. The van der Waals surface area contributed by atoms with E-state index in [0.29, 0.717) is 0 Å². The van der Waals surface area contributed by atoms with Gasteiger partial charge in [0.25, 0.3) is 0 Å². The first-order valence-electron chi connectivity index (χ1n) is 6.59. The molecule has 0 fully saturated rings. The van der Waals surface area contributed by atoms with E-state index < -0.39 is 0 Å². The molecule has 6 heteroatoms. The zero-order valence-electron chi connectivity index (χ0n) is 11.2. The molecule has 0 aliphatic carbocycles. The molecule has 1 atom stereocenters. The Morgan fingerprint density at radius 3 is 3.10 bits per heavy atom. The van der Waals surface area contributed by atoms with Crippen molar-refractivity contribution in [1.29, 1.82) is 0 Å². The number of rotatable bonds is 3. The van der Waals surface area contributed by atoms with Gasteiger partial charge in [0.1, 0.15) is 0 Å². The highest BCUT2D eigenvalue weighted by Crippen LogP contribution is 2.34. The molecule has 1 unspecified atom stereocenters. The molecule has 0 saturated heterocycles. The molecule has 0 saturated carbocycles. The predicted octanol–water partition coefficient (Wildman–Crippen LogP) is 2.55. The van der Waals surface area contributed by atoms with Crippen LogP contribution in [0, 0.1) is 0 Å². The summed E-state index contributed by atoms with van der Waals surface area (Å²) in [6.07, 6.45) is 4.39. The van der Waals surface area contributed by atoms with E-state index in [1.807, 2.05) is 24.4 Å². The number of benzene rings is 1. The number of hydrogen-bond donors (Lipinski definition) is 3. The van der Waals surface area contributed by atoms with Crippen LogP contribution in [0.15, 0.2) is 35.7 Å². The third kappa shape index (κ3) is 2.63. The SMILES string of the molecule is CC1NC(NCCc2cnc[nH]2)=Nc2cccc(Cl)c21. The Balaban J connectivity index is 1.69. The van der Waals surface area contributed by atoms with Crippen LogP contribution < -0.4 is 10.6 Å². The number of imidazole rings is 1. The van der Waals surface area contributed by atoms with Crippen LogP contribution in [0.3, 0.4) is 0 Å². The quantitative estimate of drug-likeness (QED) is 0.813. The van der Waals surface area contributed by atoms with Crippen LogP contribution in [-0.4, -0.2) is 22.5 Å². The third-order valence-corrected chi connectivity index (χ3v) is 3.62. The fourth-order valence-electron chi connectivity index (χ4n) is 2.31. The van der Waals surface area contributed by atoms with E-state index >= 15 is 0 Å². The van der Waals surface area contributed by atoms with Gasteiger partial charge in [0, 0.05) is 35.4 Å². The Morgan fingerprint density at radius 2 is 2.30 bits per heavy atom. The summed E-state index contributed by atoms with van der Waals surface area (Å²) < 4.78 is 0. The largest absolute Gasteiger partial charge is 0.356 e. The van der Waals surface area contributed by atoms with Gasteiger partial charge in [0.2, 0.25) is 0 Å². The highest BCUT2D eigenvalue weighted by atomic mass is 35.5. The lowest BCUT2D eigenvalue weighted by Crippen LogP contribution is -2.41. The van der Waals surface area contributed by atoms with Crippen molar-refractivity contribution >= 4 is 23.2 Å². The van der Waals surface area contributed by atoms with Crippen LogP contribution in [0.2, 0.25) is 5.02 Å². The smallest absolute Gasteiger partial charge is 0.197 e. The molecular weight excluding hydrogens is 274 g/mol. The number of nitrogens with zero attached hydrogens (tertiary/aromatic N) is 2. The second-order valence-corrected chi connectivity index (χ2v) is 5.16. The summed E-state index contributed by atoms with van der Waals surface area (Å²) in [5.74, 6) is 0.784. The summed E-state index contributed by atoms with van der Waals surface area (Å²) in [4.78, 5) is 11.6. The summed E-state index contributed by atoms with van der Waals surface area (Å²) in [5.41, 5.74) is 3.08. The Labute approximate surface area is 122 Å². The van der Waals surface area contributed by atoms with Gasteiger partial charge in [0.15, 0.2) is 5.96 Å². The summed E-state index contributed by atoms with van der Waals surface area (Å²) in [6.45, 7) is 2.87. The highest BCUT2D eigenvalue weighted by molar-refractivity contribution is 6.31. The lowest BCUT2D eigenvalue weighted by atomic mass is 10.1. The number of aromatic amines is 1. The predicted molar refractivity (Wildman–Crippen MR) is 80.4 cm³/mol. The van der Waals surface area contributed by atoms with E-state index in [2.05, 4.69) is 32.5 Å². The number of aromatic nitrogens is 2. The highest BCUT2D eigenvalue weighted by Gasteiger charge is 2.20. The van der Waals surface area contributed by atoms with Crippen LogP contribution in [0.5, 0.6) is 0 Å². The van der Waals surface area contributed by atoms with Gasteiger partial charge in [-0.25, -0.2) is 9.98 Å². The average molecular weight is 290 g/mol. The van der Waals surface area contributed by atoms with Crippen LogP contribution >= 0.6 is 11.6 Å². The van der Waals surface area contributed by atoms with Crippen LogP contribution in [0.25, 0.3) is 0 Å². The zero-order valence-corrected chi connectivity index (χ0v) is 11.9. The third-order valence-electron chi connectivity index (χ3n) is 3.29. The second kappa shape index (κ2) is 5.54. The monoisotopic (exact) mass is 289 g/mol. The number of fused-ring (bicyclic) bond motifs is 1. The van der Waals surface area contributed by atoms with E-state index in [0.717, 1.165) is 40.9 Å². The minimum atomic E-state index is 0.144. The minimum Gasteiger partial charge on any atom is -0.356 e. The van der Waals surface area contributed by atoms with Gasteiger partial charge in [-0.05, 0) is 19.1 Å². The van der Waals surface area contributed by atoms with Crippen molar-refractivity contribution in [3.8, 4) is 0 Å². The molecule has 0 radical (unpaired) electrons. The van der Waals surface area contributed by atoms with Gasteiger partial charge in [0.05, 0.1) is 18.1 Å². The molecule has 3 N–H and O–H groups in total. The van der Waals surface area contributed by atoms with Crippen molar-refractivity contribution in [2.45, 2.75) is 19.4 Å². The summed E-state index contributed by atoms with van der Waals surface area (Å²) in [6, 6.07) is 5.94. The number of H-pyrrole nitrogens is 1. The molecule has 5 nitrogen and oxygen atoms in total. The van der Waals surface area contributed by atoms with E-state index in [-0.39, 0.29) is 6.04 Å². The molecule has 0 amide bonds. The molecule has 2 heterocycles. The van der Waals surface area contributed by atoms with E-state index in [1.54, 1.807) is 6.33 Å². The first-order valence-corrected chi connectivity index (χ1v) is 6.96. The maximum Gasteiger partial charge on any atom is 0.197 e. The van der Waals surface area contributed by atoms with Crippen LogP contribution in [0.4, 0.5) is 5.69 Å². The summed E-state index contributed by atoms with van der Waals surface area (Å²) in [5, 5.41) is 7.37. The van der Waals surface area contributed by atoms with Gasteiger partial charge >= 0.3 is 0 Å². The van der Waals surface area contributed by atoms with Gasteiger partial charge < -0.3 is 15.6 Å². The molecule has 2 aromatic rings. The molecule has 1 aromatic heterocycles. The number of halogens is 1. The Bertz CT molecular complexity index is 620. The van der Waals surface area contributed by atoms with E-state index in [4.69, 9.17) is 11.6 Å². The van der Waals surface area contributed by atoms with E-state index in [9.17, 15) is 0 Å².